The molecule has 5 heteroatoms. The van der Waals surface area contributed by atoms with Gasteiger partial charge in [0.05, 0.1) is 11.1 Å². The van der Waals surface area contributed by atoms with Crippen molar-refractivity contribution in [2.24, 2.45) is 5.73 Å². The minimum Gasteiger partial charge on any atom is -0.362 e. The maximum absolute atomic E-state index is 14.3. The van der Waals surface area contributed by atoms with Crippen molar-refractivity contribution < 1.29 is 8.78 Å². The first-order valence-electron chi connectivity index (χ1n) is 6.81. The lowest BCUT2D eigenvalue weighted by Crippen LogP contribution is -2.33. The van der Waals surface area contributed by atoms with Crippen LogP contribution in [0.3, 0.4) is 0 Å². The number of nitrogens with two attached hydrogens (primary N) is 1. The number of benzene rings is 2. The molecule has 2 aromatic rings. The monoisotopic (exact) mass is 308 g/mol. The highest BCUT2D eigenvalue weighted by Gasteiger charge is 2.28. The highest BCUT2D eigenvalue weighted by atomic mass is 35.5. The zero-order chi connectivity index (χ0) is 15.0. The molecule has 110 valence electrons. The molecule has 0 spiro atoms. The van der Waals surface area contributed by atoms with Crippen LogP contribution in [0.25, 0.3) is 0 Å². The lowest BCUT2D eigenvalue weighted by Gasteiger charge is -2.30. The van der Waals surface area contributed by atoms with Crippen LogP contribution in [-0.2, 0) is 6.42 Å². The normalized spacial score (nSPS) is 15.1. The van der Waals surface area contributed by atoms with Gasteiger partial charge in [0.1, 0.15) is 11.6 Å². The van der Waals surface area contributed by atoms with Crippen molar-refractivity contribution in [1.82, 2.24) is 0 Å². The van der Waals surface area contributed by atoms with Crippen LogP contribution in [0.4, 0.5) is 14.5 Å². The molecule has 0 saturated heterocycles. The first kappa shape index (κ1) is 14.3. The molecule has 0 aliphatic carbocycles. The summed E-state index contributed by atoms with van der Waals surface area (Å²) >= 11 is 5.85. The highest BCUT2D eigenvalue weighted by molar-refractivity contribution is 6.30. The molecule has 2 aromatic carbocycles. The lowest BCUT2D eigenvalue weighted by molar-refractivity contribution is 0.564. The molecule has 1 aliphatic rings. The number of rotatable bonds is 3. The van der Waals surface area contributed by atoms with Crippen molar-refractivity contribution in [3.05, 3.63) is 64.2 Å². The van der Waals surface area contributed by atoms with Crippen molar-refractivity contribution in [3.8, 4) is 0 Å². The molecule has 0 bridgehead atoms. The predicted octanol–water partition coefficient (Wildman–Crippen LogP) is 3.68. The minimum atomic E-state index is -0.459. The summed E-state index contributed by atoms with van der Waals surface area (Å²) in [6, 6.07) is 9.22. The van der Waals surface area contributed by atoms with E-state index in [1.54, 1.807) is 18.2 Å². The van der Waals surface area contributed by atoms with E-state index in [4.69, 9.17) is 17.3 Å². The molecular weight excluding hydrogens is 294 g/mol. The van der Waals surface area contributed by atoms with Gasteiger partial charge >= 0.3 is 0 Å². The quantitative estimate of drug-likeness (QED) is 0.937. The molecule has 3 rings (SSSR count). The third kappa shape index (κ3) is 2.49. The van der Waals surface area contributed by atoms with E-state index in [1.807, 2.05) is 4.90 Å². The van der Waals surface area contributed by atoms with E-state index in [9.17, 15) is 8.78 Å². The van der Waals surface area contributed by atoms with Crippen molar-refractivity contribution in [2.45, 2.75) is 12.5 Å². The summed E-state index contributed by atoms with van der Waals surface area (Å²) in [4.78, 5) is 1.95. The summed E-state index contributed by atoms with van der Waals surface area (Å²) in [5, 5.41) is 0.0737. The molecule has 0 saturated carbocycles. The number of fused-ring (bicyclic) bond motifs is 1. The summed E-state index contributed by atoms with van der Waals surface area (Å²) in [6.07, 6.45) is 0.800. The summed E-state index contributed by atoms with van der Waals surface area (Å²) in [5.74, 6) is -0.762. The van der Waals surface area contributed by atoms with Crippen LogP contribution in [0.5, 0.6) is 0 Å². The molecule has 1 heterocycles. The molecule has 0 aromatic heterocycles. The fraction of sp³-hybridized carbons (Fsp3) is 0.250. The van der Waals surface area contributed by atoms with Gasteiger partial charge in [-0.2, -0.15) is 0 Å². The van der Waals surface area contributed by atoms with Crippen molar-refractivity contribution in [1.29, 1.82) is 0 Å². The first-order chi connectivity index (χ1) is 10.1. The van der Waals surface area contributed by atoms with Crippen LogP contribution in [0.15, 0.2) is 36.4 Å². The molecule has 0 radical (unpaired) electrons. The number of hydrogen-bond acceptors (Lipinski definition) is 2. The number of anilines is 1. The first-order valence-corrected chi connectivity index (χ1v) is 7.18. The van der Waals surface area contributed by atoms with Crippen molar-refractivity contribution >= 4 is 17.3 Å². The Bertz CT molecular complexity index is 675. The van der Waals surface area contributed by atoms with E-state index in [2.05, 4.69) is 0 Å². The van der Waals surface area contributed by atoms with Crippen molar-refractivity contribution in [3.63, 3.8) is 0 Å². The van der Waals surface area contributed by atoms with Crippen LogP contribution >= 0.6 is 11.6 Å². The Morgan fingerprint density at radius 2 is 2.05 bits per heavy atom. The van der Waals surface area contributed by atoms with Gasteiger partial charge in [-0.1, -0.05) is 29.8 Å². The third-order valence-corrected chi connectivity index (χ3v) is 4.21. The van der Waals surface area contributed by atoms with Crippen molar-refractivity contribution in [2.75, 3.05) is 18.0 Å². The van der Waals surface area contributed by atoms with Crippen LogP contribution in [0, 0.1) is 11.6 Å². The number of nitrogens with zero attached hydrogens (tertiary/aromatic N) is 1. The van der Waals surface area contributed by atoms with Gasteiger partial charge < -0.3 is 10.6 Å². The van der Waals surface area contributed by atoms with Crippen LogP contribution in [-0.4, -0.2) is 13.1 Å². The SMILES string of the molecule is NCC(c1cccc(Cl)c1F)N1CCc2ccc(F)cc21. The third-order valence-electron chi connectivity index (χ3n) is 3.92. The Balaban J connectivity index is 2.03. The van der Waals surface area contributed by atoms with Gasteiger partial charge in [0.2, 0.25) is 0 Å². The zero-order valence-electron chi connectivity index (χ0n) is 11.3. The van der Waals surface area contributed by atoms with E-state index in [-0.39, 0.29) is 23.4 Å². The molecular formula is C16H15ClF2N2. The largest absolute Gasteiger partial charge is 0.362 e. The standard InChI is InChI=1S/C16H15ClF2N2/c17-13-3-1-2-12(16(13)19)15(9-20)21-7-6-10-4-5-11(18)8-14(10)21/h1-5,8,15H,6-7,9,20H2. The van der Waals surface area contributed by atoms with E-state index in [0.717, 1.165) is 17.7 Å². The summed E-state index contributed by atoms with van der Waals surface area (Å²) in [5.41, 5.74) is 8.14. The average Bonchev–Trinajstić information content (AvgIpc) is 2.87. The van der Waals surface area contributed by atoms with Gasteiger partial charge in [0, 0.05) is 24.3 Å². The molecule has 2 N–H and O–H groups in total. The fourth-order valence-corrected chi connectivity index (χ4v) is 3.08. The fourth-order valence-electron chi connectivity index (χ4n) is 2.90. The molecule has 1 atom stereocenters. The van der Waals surface area contributed by atoms with Gasteiger partial charge in [-0.05, 0) is 30.2 Å². The van der Waals surface area contributed by atoms with Gasteiger partial charge in [0.25, 0.3) is 0 Å². The van der Waals surface area contributed by atoms with Gasteiger partial charge in [0.15, 0.2) is 0 Å². The Kier molecular flexibility index (Phi) is 3.83. The second-order valence-corrected chi connectivity index (χ2v) is 5.52. The number of halogens is 3. The smallest absolute Gasteiger partial charge is 0.147 e. The molecule has 0 amide bonds. The maximum atomic E-state index is 14.3. The Labute approximate surface area is 127 Å². The average molecular weight is 309 g/mol. The van der Waals surface area contributed by atoms with Crippen LogP contribution < -0.4 is 10.6 Å². The van der Waals surface area contributed by atoms with E-state index in [0.29, 0.717) is 12.1 Å². The second kappa shape index (κ2) is 5.62. The molecule has 1 unspecified atom stereocenters. The second-order valence-electron chi connectivity index (χ2n) is 5.11. The molecule has 1 aliphatic heterocycles. The van der Waals surface area contributed by atoms with Crippen LogP contribution in [0.1, 0.15) is 17.2 Å². The zero-order valence-corrected chi connectivity index (χ0v) is 12.1. The van der Waals surface area contributed by atoms with E-state index >= 15 is 0 Å². The molecule has 0 fully saturated rings. The van der Waals surface area contributed by atoms with E-state index < -0.39 is 5.82 Å². The van der Waals surface area contributed by atoms with Crippen LogP contribution in [0.2, 0.25) is 5.02 Å². The van der Waals surface area contributed by atoms with Gasteiger partial charge in [-0.3, -0.25) is 0 Å². The molecule has 21 heavy (non-hydrogen) atoms. The topological polar surface area (TPSA) is 29.3 Å². The predicted molar refractivity (Wildman–Crippen MR) is 80.7 cm³/mol. The summed E-state index contributed by atoms with van der Waals surface area (Å²) in [7, 11) is 0. The summed E-state index contributed by atoms with van der Waals surface area (Å²) < 4.78 is 27.8. The Morgan fingerprint density at radius 1 is 1.24 bits per heavy atom. The number of hydrogen-bond donors (Lipinski definition) is 1. The lowest BCUT2D eigenvalue weighted by atomic mass is 10.0. The Hall–Kier alpha value is -1.65. The molecule has 2 nitrogen and oxygen atoms in total. The van der Waals surface area contributed by atoms with Gasteiger partial charge in [-0.15, -0.1) is 0 Å². The Morgan fingerprint density at radius 3 is 2.81 bits per heavy atom. The van der Waals surface area contributed by atoms with E-state index in [1.165, 1.54) is 18.2 Å². The maximum Gasteiger partial charge on any atom is 0.147 e. The highest BCUT2D eigenvalue weighted by Crippen LogP contribution is 2.36. The van der Waals surface area contributed by atoms with Gasteiger partial charge in [-0.25, -0.2) is 8.78 Å². The minimum absolute atomic E-state index is 0.0737. The summed E-state index contributed by atoms with van der Waals surface area (Å²) in [6.45, 7) is 0.916.